The molecule has 102 valence electrons. The topological polar surface area (TPSA) is 72.4 Å². The number of non-ortho nitro benzene ring substituents is 1. The van der Waals surface area contributed by atoms with Gasteiger partial charge in [0.05, 0.1) is 16.0 Å². The Hall–Kier alpha value is -1.53. The van der Waals surface area contributed by atoms with E-state index in [1.54, 1.807) is 12.1 Å². The van der Waals surface area contributed by atoms with Crippen LogP contribution in [0.1, 0.15) is 30.9 Å². The highest BCUT2D eigenvalue weighted by Crippen LogP contribution is 2.26. The van der Waals surface area contributed by atoms with Crippen LogP contribution in [0, 0.1) is 10.1 Å². The molecule has 2 N–H and O–H groups in total. The lowest BCUT2D eigenvalue weighted by Crippen LogP contribution is -2.40. The summed E-state index contributed by atoms with van der Waals surface area (Å²) in [5.41, 5.74) is 6.87. The molecule has 2 rings (SSSR count). The van der Waals surface area contributed by atoms with Crippen molar-refractivity contribution in [3.63, 3.8) is 0 Å². The lowest BCUT2D eigenvalue weighted by molar-refractivity contribution is -0.384. The maximum Gasteiger partial charge on any atom is 0.269 e. The Kier molecular flexibility index (Phi) is 4.44. The number of thiocarbonyl (C=S) groups is 1. The summed E-state index contributed by atoms with van der Waals surface area (Å²) in [4.78, 5) is 12.9. The third-order valence-electron chi connectivity index (χ3n) is 3.44. The Bertz CT molecular complexity index is 469. The highest BCUT2D eigenvalue weighted by Gasteiger charge is 2.24. The number of piperidine rings is 1. The molecule has 1 aliphatic rings. The molecule has 1 fully saturated rings. The molecule has 1 aliphatic heterocycles. The molecule has 0 radical (unpaired) electrons. The van der Waals surface area contributed by atoms with Gasteiger partial charge in [-0.25, -0.2) is 0 Å². The first kappa shape index (κ1) is 13.9. The van der Waals surface area contributed by atoms with E-state index >= 15 is 0 Å². The van der Waals surface area contributed by atoms with Crippen molar-refractivity contribution in [2.45, 2.75) is 25.3 Å². The zero-order valence-electron chi connectivity index (χ0n) is 10.6. The monoisotopic (exact) mass is 279 g/mol. The van der Waals surface area contributed by atoms with E-state index in [4.69, 9.17) is 18.0 Å². The van der Waals surface area contributed by atoms with Gasteiger partial charge in [-0.2, -0.15) is 0 Å². The summed E-state index contributed by atoms with van der Waals surface area (Å²) in [7, 11) is 0. The molecule has 0 bridgehead atoms. The fourth-order valence-corrected chi connectivity index (χ4v) is 2.80. The molecule has 1 aromatic rings. The smallest absolute Gasteiger partial charge is 0.269 e. The van der Waals surface area contributed by atoms with Gasteiger partial charge >= 0.3 is 0 Å². The van der Waals surface area contributed by atoms with E-state index in [0.29, 0.717) is 4.99 Å². The van der Waals surface area contributed by atoms with Gasteiger partial charge in [-0.05, 0) is 31.5 Å². The molecule has 1 saturated heterocycles. The average Bonchev–Trinajstić information content (AvgIpc) is 2.40. The Labute approximate surface area is 117 Å². The van der Waals surface area contributed by atoms with Crippen molar-refractivity contribution in [3.8, 4) is 0 Å². The third kappa shape index (κ3) is 3.27. The second kappa shape index (κ2) is 6.08. The number of hydrogen-bond donors (Lipinski definition) is 1. The van der Waals surface area contributed by atoms with Gasteiger partial charge in [-0.1, -0.05) is 30.8 Å². The van der Waals surface area contributed by atoms with Crippen molar-refractivity contribution in [2.24, 2.45) is 5.73 Å². The predicted molar refractivity (Wildman–Crippen MR) is 78.0 cm³/mol. The number of nitro groups is 1. The van der Waals surface area contributed by atoms with E-state index in [9.17, 15) is 10.1 Å². The molecule has 1 unspecified atom stereocenters. The van der Waals surface area contributed by atoms with Crippen LogP contribution >= 0.6 is 12.2 Å². The summed E-state index contributed by atoms with van der Waals surface area (Å²) in [6.45, 7) is 1.94. The molecule has 1 heterocycles. The van der Waals surface area contributed by atoms with Crippen LogP contribution in [0.15, 0.2) is 24.3 Å². The van der Waals surface area contributed by atoms with E-state index in [1.165, 1.54) is 18.6 Å². The number of nitrogens with two attached hydrogens (primary N) is 1. The van der Waals surface area contributed by atoms with Crippen LogP contribution in [-0.4, -0.2) is 27.9 Å². The summed E-state index contributed by atoms with van der Waals surface area (Å²) in [6.07, 6.45) is 3.53. The van der Waals surface area contributed by atoms with Crippen LogP contribution < -0.4 is 5.73 Å². The summed E-state index contributed by atoms with van der Waals surface area (Å²) < 4.78 is 0. The van der Waals surface area contributed by atoms with Gasteiger partial charge in [0, 0.05) is 12.1 Å². The van der Waals surface area contributed by atoms with Gasteiger partial charge in [0.25, 0.3) is 5.69 Å². The number of nitro benzene ring substituents is 1. The minimum Gasteiger partial charge on any atom is -0.392 e. The molecule has 0 aromatic heterocycles. The lowest BCUT2D eigenvalue weighted by Gasteiger charge is -2.34. The largest absolute Gasteiger partial charge is 0.392 e. The molecule has 5 nitrogen and oxygen atoms in total. The summed E-state index contributed by atoms with van der Waals surface area (Å²) in [5, 5.41) is 10.7. The molecule has 0 amide bonds. The summed E-state index contributed by atoms with van der Waals surface area (Å²) in [5.74, 6) is 0. The number of hydrogen-bond acceptors (Lipinski definition) is 4. The van der Waals surface area contributed by atoms with Crippen molar-refractivity contribution in [3.05, 3.63) is 39.9 Å². The standard InChI is InChI=1S/C13H17N3O2S/c14-13(19)12(15-8-2-1-3-9-15)10-4-6-11(7-5-10)16(17)18/h4-7,12H,1-3,8-9H2,(H2,14,19). The zero-order chi connectivity index (χ0) is 13.8. The fraction of sp³-hybridized carbons (Fsp3) is 0.462. The second-order valence-electron chi connectivity index (χ2n) is 4.75. The average molecular weight is 279 g/mol. The zero-order valence-corrected chi connectivity index (χ0v) is 11.4. The molecule has 0 aliphatic carbocycles. The van der Waals surface area contributed by atoms with Crippen LogP contribution in [0.25, 0.3) is 0 Å². The molecule has 19 heavy (non-hydrogen) atoms. The summed E-state index contributed by atoms with van der Waals surface area (Å²) >= 11 is 5.17. The van der Waals surface area contributed by atoms with Gasteiger partial charge in [0.2, 0.25) is 0 Å². The maximum atomic E-state index is 10.7. The van der Waals surface area contributed by atoms with Crippen LogP contribution in [-0.2, 0) is 0 Å². The molecular weight excluding hydrogens is 262 g/mol. The van der Waals surface area contributed by atoms with Crippen molar-refractivity contribution >= 4 is 22.9 Å². The summed E-state index contributed by atoms with van der Waals surface area (Å²) in [6, 6.07) is 6.39. The Morgan fingerprint density at radius 2 is 1.84 bits per heavy atom. The van der Waals surface area contributed by atoms with E-state index in [1.807, 2.05) is 0 Å². The third-order valence-corrected chi connectivity index (χ3v) is 3.67. The van der Waals surface area contributed by atoms with E-state index in [0.717, 1.165) is 31.5 Å². The van der Waals surface area contributed by atoms with Crippen molar-refractivity contribution in [1.29, 1.82) is 0 Å². The van der Waals surface area contributed by atoms with Gasteiger partial charge in [-0.15, -0.1) is 0 Å². The van der Waals surface area contributed by atoms with Crippen LogP contribution in [0.4, 0.5) is 5.69 Å². The van der Waals surface area contributed by atoms with Crippen molar-refractivity contribution in [2.75, 3.05) is 13.1 Å². The Morgan fingerprint density at radius 1 is 1.26 bits per heavy atom. The molecule has 1 atom stereocenters. The SMILES string of the molecule is NC(=S)C(c1ccc([N+](=O)[O-])cc1)N1CCCCC1. The molecule has 1 aromatic carbocycles. The van der Waals surface area contributed by atoms with E-state index in [2.05, 4.69) is 4.90 Å². The fourth-order valence-electron chi connectivity index (χ4n) is 2.51. The number of benzene rings is 1. The minimum atomic E-state index is -0.402. The van der Waals surface area contributed by atoms with E-state index in [-0.39, 0.29) is 11.7 Å². The highest BCUT2D eigenvalue weighted by atomic mass is 32.1. The Balaban J connectivity index is 2.23. The quantitative estimate of drug-likeness (QED) is 0.520. The predicted octanol–water partition coefficient (Wildman–Crippen LogP) is 2.41. The van der Waals surface area contributed by atoms with Crippen LogP contribution in [0.5, 0.6) is 0 Å². The number of nitrogens with zero attached hydrogens (tertiary/aromatic N) is 2. The molecule has 0 spiro atoms. The van der Waals surface area contributed by atoms with Gasteiger partial charge < -0.3 is 5.73 Å². The molecular formula is C13H17N3O2S. The first-order valence-electron chi connectivity index (χ1n) is 6.37. The molecule has 0 saturated carbocycles. The first-order valence-corrected chi connectivity index (χ1v) is 6.78. The van der Waals surface area contributed by atoms with Crippen molar-refractivity contribution < 1.29 is 4.92 Å². The molecule has 6 heteroatoms. The Morgan fingerprint density at radius 3 is 2.32 bits per heavy atom. The van der Waals surface area contributed by atoms with E-state index < -0.39 is 4.92 Å². The van der Waals surface area contributed by atoms with Gasteiger partial charge in [-0.3, -0.25) is 15.0 Å². The van der Waals surface area contributed by atoms with Gasteiger partial charge in [0.1, 0.15) is 0 Å². The first-order chi connectivity index (χ1) is 9.09. The number of likely N-dealkylation sites (tertiary alicyclic amines) is 1. The lowest BCUT2D eigenvalue weighted by atomic mass is 10.0. The maximum absolute atomic E-state index is 10.7. The minimum absolute atomic E-state index is 0.0871. The van der Waals surface area contributed by atoms with Crippen LogP contribution in [0.2, 0.25) is 0 Å². The second-order valence-corrected chi connectivity index (χ2v) is 5.22. The van der Waals surface area contributed by atoms with Crippen molar-refractivity contribution in [1.82, 2.24) is 4.90 Å². The van der Waals surface area contributed by atoms with Crippen LogP contribution in [0.3, 0.4) is 0 Å². The normalized spacial score (nSPS) is 17.9. The van der Waals surface area contributed by atoms with Gasteiger partial charge in [0.15, 0.2) is 0 Å². The number of rotatable bonds is 4. The highest BCUT2D eigenvalue weighted by molar-refractivity contribution is 7.80.